The summed E-state index contributed by atoms with van der Waals surface area (Å²) in [6.45, 7) is 1.77. The predicted molar refractivity (Wildman–Crippen MR) is 138 cm³/mol. The molecule has 2 N–H and O–H groups in total. The molecule has 1 aliphatic carbocycles. The number of fused-ring (bicyclic) bond motifs is 1. The number of nitrogens with zero attached hydrogens (tertiary/aromatic N) is 5. The largest absolute Gasteiger partial charge is 0.420 e. The number of aromatic nitrogens is 4. The van der Waals surface area contributed by atoms with Gasteiger partial charge in [-0.3, -0.25) is 9.48 Å². The van der Waals surface area contributed by atoms with Crippen molar-refractivity contribution in [3.05, 3.63) is 34.6 Å². The van der Waals surface area contributed by atoms with Crippen molar-refractivity contribution in [1.29, 1.82) is 0 Å². The smallest absolute Gasteiger partial charge is 0.340 e. The van der Waals surface area contributed by atoms with Gasteiger partial charge in [-0.2, -0.15) is 18.3 Å². The highest BCUT2D eigenvalue weighted by molar-refractivity contribution is 7.91. The first-order valence-corrected chi connectivity index (χ1v) is 15.1. The SMILES string of the molecule is CN1CCS(=O)(=O)c2cc(-c3nc(Nc4cn(C5CCNCC5)nc4C4CC4)ncc3C(F)(F)F)sc2C1=O. The number of anilines is 2. The molecule has 0 bridgehead atoms. The second kappa shape index (κ2) is 9.55. The van der Waals surface area contributed by atoms with Crippen LogP contribution < -0.4 is 10.6 Å². The van der Waals surface area contributed by atoms with Crippen LogP contribution in [0.1, 0.15) is 58.6 Å². The highest BCUT2D eigenvalue weighted by Crippen LogP contribution is 2.45. The molecule has 0 spiro atoms. The number of rotatable bonds is 5. The summed E-state index contributed by atoms with van der Waals surface area (Å²) in [5.74, 6) is -0.667. The minimum Gasteiger partial charge on any atom is -0.340 e. The number of hydrogen-bond acceptors (Lipinski definition) is 9. The highest BCUT2D eigenvalue weighted by atomic mass is 32.2. The predicted octanol–water partition coefficient (Wildman–Crippen LogP) is 3.83. The van der Waals surface area contributed by atoms with E-state index < -0.39 is 33.2 Å². The first-order valence-electron chi connectivity index (χ1n) is 12.6. The average molecular weight is 582 g/mol. The van der Waals surface area contributed by atoms with Gasteiger partial charge >= 0.3 is 6.18 Å². The van der Waals surface area contributed by atoms with E-state index in [1.807, 2.05) is 10.9 Å². The Balaban J connectivity index is 1.41. The zero-order valence-electron chi connectivity index (χ0n) is 21.0. The third kappa shape index (κ3) is 5.02. The Hall–Kier alpha value is -3.04. The summed E-state index contributed by atoms with van der Waals surface area (Å²) >= 11 is 0.691. The number of amides is 1. The van der Waals surface area contributed by atoms with Gasteiger partial charge in [-0.05, 0) is 44.8 Å². The van der Waals surface area contributed by atoms with E-state index in [4.69, 9.17) is 5.10 Å². The Kier molecular flexibility index (Phi) is 6.42. The van der Waals surface area contributed by atoms with E-state index in [2.05, 4.69) is 20.6 Å². The van der Waals surface area contributed by atoms with Crippen molar-refractivity contribution >= 4 is 38.7 Å². The molecule has 3 aliphatic rings. The van der Waals surface area contributed by atoms with Gasteiger partial charge in [0.05, 0.1) is 38.6 Å². The van der Waals surface area contributed by atoms with Crippen LogP contribution in [-0.2, 0) is 16.0 Å². The van der Waals surface area contributed by atoms with Crippen molar-refractivity contribution in [2.75, 3.05) is 37.8 Å². The Bertz CT molecular complexity index is 1540. The normalized spacial score (nSPS) is 20.1. The molecule has 6 rings (SSSR count). The summed E-state index contributed by atoms with van der Waals surface area (Å²) in [6, 6.07) is 1.35. The lowest BCUT2D eigenvalue weighted by Crippen LogP contribution is -2.29. The van der Waals surface area contributed by atoms with Gasteiger partial charge in [-0.15, -0.1) is 11.3 Å². The molecule has 0 radical (unpaired) electrons. The van der Waals surface area contributed by atoms with E-state index in [0.29, 0.717) is 23.2 Å². The fraction of sp³-hybridized carbons (Fsp3) is 0.500. The van der Waals surface area contributed by atoms with Crippen molar-refractivity contribution in [2.24, 2.45) is 0 Å². The lowest BCUT2D eigenvalue weighted by Gasteiger charge is -2.22. The molecule has 1 amide bonds. The summed E-state index contributed by atoms with van der Waals surface area (Å²) in [5.41, 5.74) is -0.123. The molecular weight excluding hydrogens is 555 g/mol. The van der Waals surface area contributed by atoms with Gasteiger partial charge in [0, 0.05) is 31.9 Å². The lowest BCUT2D eigenvalue weighted by atomic mass is 10.1. The number of nitrogens with one attached hydrogen (secondary N) is 2. The fourth-order valence-electron chi connectivity index (χ4n) is 4.89. The molecule has 3 aromatic heterocycles. The van der Waals surface area contributed by atoms with E-state index in [1.165, 1.54) is 11.9 Å². The molecule has 1 saturated carbocycles. The van der Waals surface area contributed by atoms with E-state index >= 15 is 0 Å². The summed E-state index contributed by atoms with van der Waals surface area (Å²) in [7, 11) is -2.40. The molecule has 15 heteroatoms. The monoisotopic (exact) mass is 581 g/mol. The van der Waals surface area contributed by atoms with Gasteiger partial charge in [-0.1, -0.05) is 0 Å². The maximum absolute atomic E-state index is 14.0. The zero-order valence-corrected chi connectivity index (χ0v) is 22.6. The first kappa shape index (κ1) is 26.2. The van der Waals surface area contributed by atoms with Crippen molar-refractivity contribution in [3.8, 4) is 10.6 Å². The molecule has 5 heterocycles. The number of carbonyl (C=O) groups excluding carboxylic acids is 1. The van der Waals surface area contributed by atoms with Crippen LogP contribution in [0.3, 0.4) is 0 Å². The van der Waals surface area contributed by atoms with Crippen molar-refractivity contribution in [1.82, 2.24) is 30.0 Å². The molecule has 0 aromatic carbocycles. The molecule has 2 aliphatic heterocycles. The van der Waals surface area contributed by atoms with Gasteiger partial charge in [0.1, 0.15) is 10.4 Å². The molecule has 3 aromatic rings. The van der Waals surface area contributed by atoms with Crippen LogP contribution in [0.4, 0.5) is 24.8 Å². The number of hydrogen-bond donors (Lipinski definition) is 2. The van der Waals surface area contributed by atoms with Crippen molar-refractivity contribution in [2.45, 2.75) is 48.7 Å². The molecule has 208 valence electrons. The van der Waals surface area contributed by atoms with Gasteiger partial charge in [0.25, 0.3) is 5.91 Å². The summed E-state index contributed by atoms with van der Waals surface area (Å²) in [6.07, 6.45) is 1.56. The Labute approximate surface area is 226 Å². The van der Waals surface area contributed by atoms with Gasteiger partial charge in [0.2, 0.25) is 5.95 Å². The van der Waals surface area contributed by atoms with Gasteiger partial charge < -0.3 is 15.5 Å². The molecule has 2 fully saturated rings. The molecule has 10 nitrogen and oxygen atoms in total. The zero-order chi connectivity index (χ0) is 27.5. The molecule has 1 saturated heterocycles. The van der Waals surface area contributed by atoms with E-state index in [0.717, 1.165) is 50.5 Å². The maximum Gasteiger partial charge on any atom is 0.420 e. The second-order valence-electron chi connectivity index (χ2n) is 10.1. The first-order chi connectivity index (χ1) is 18.5. The molecule has 0 unspecified atom stereocenters. The topological polar surface area (TPSA) is 122 Å². The third-order valence-corrected chi connectivity index (χ3v) is 10.2. The van der Waals surface area contributed by atoms with Crippen molar-refractivity contribution < 1.29 is 26.4 Å². The standard InChI is InChI=1S/C24H26F3N7O3S2/c1-33-8-9-39(36,37)18-10-17(38-21(18)22(33)35)20-15(24(25,26)27)11-29-23(31-20)30-16-12-34(14-4-6-28-7-5-14)32-19(16)13-2-3-13/h10-14,28H,2-9H2,1H3,(H,29,30,31). The van der Waals surface area contributed by atoms with E-state index in [1.54, 1.807) is 0 Å². The Morgan fingerprint density at radius 2 is 1.92 bits per heavy atom. The Morgan fingerprint density at radius 3 is 2.62 bits per heavy atom. The second-order valence-corrected chi connectivity index (χ2v) is 13.2. The van der Waals surface area contributed by atoms with Gasteiger partial charge in [0.15, 0.2) is 9.84 Å². The quantitative estimate of drug-likeness (QED) is 0.467. The molecule has 39 heavy (non-hydrogen) atoms. The molecular formula is C24H26F3N7O3S2. The van der Waals surface area contributed by atoms with Crippen LogP contribution in [0.5, 0.6) is 0 Å². The maximum atomic E-state index is 14.0. The van der Waals surface area contributed by atoms with E-state index in [-0.39, 0.29) is 44.9 Å². The van der Waals surface area contributed by atoms with Crippen molar-refractivity contribution in [3.63, 3.8) is 0 Å². The summed E-state index contributed by atoms with van der Waals surface area (Å²) < 4.78 is 69.6. The fourth-order valence-corrected chi connectivity index (χ4v) is 7.92. The number of piperidine rings is 1. The van der Waals surface area contributed by atoms with Crippen LogP contribution in [0.2, 0.25) is 0 Å². The summed E-state index contributed by atoms with van der Waals surface area (Å²) in [5, 5.41) is 11.2. The van der Waals surface area contributed by atoms with E-state index in [9.17, 15) is 26.4 Å². The number of alkyl halides is 3. The number of sulfone groups is 1. The third-order valence-electron chi connectivity index (χ3n) is 7.25. The molecule has 0 atom stereocenters. The lowest BCUT2D eigenvalue weighted by molar-refractivity contribution is -0.137. The van der Waals surface area contributed by atoms with Crippen LogP contribution >= 0.6 is 11.3 Å². The van der Waals surface area contributed by atoms with Crippen LogP contribution in [0.25, 0.3) is 10.6 Å². The average Bonchev–Trinajstić information content (AvgIpc) is 3.51. The van der Waals surface area contributed by atoms with Crippen LogP contribution in [0, 0.1) is 0 Å². The number of thiophene rings is 1. The minimum atomic E-state index is -4.80. The van der Waals surface area contributed by atoms with Crippen LogP contribution in [-0.4, -0.2) is 71.4 Å². The minimum absolute atomic E-state index is 0.00164. The van der Waals surface area contributed by atoms with Gasteiger partial charge in [-0.25, -0.2) is 18.4 Å². The Morgan fingerprint density at radius 1 is 1.18 bits per heavy atom. The summed E-state index contributed by atoms with van der Waals surface area (Å²) in [4.78, 5) is 21.7. The number of carbonyl (C=O) groups is 1. The van der Waals surface area contributed by atoms with Crippen LogP contribution in [0.15, 0.2) is 23.4 Å². The number of halogens is 3. The highest BCUT2D eigenvalue weighted by Gasteiger charge is 2.39.